The third-order valence-electron chi connectivity index (χ3n) is 0.512. The monoisotopic (exact) mass is 334 g/mol. The Kier molecular flexibility index (Phi) is 39.6. The Bertz CT molecular complexity index is 105. The summed E-state index contributed by atoms with van der Waals surface area (Å²) in [5.41, 5.74) is 0. The zero-order chi connectivity index (χ0) is 11.3. The van der Waals surface area contributed by atoms with Crippen molar-refractivity contribution in [1.29, 1.82) is 0 Å². The van der Waals surface area contributed by atoms with Crippen molar-refractivity contribution in [3.63, 3.8) is 0 Å². The van der Waals surface area contributed by atoms with Crippen LogP contribution < -0.4 is 0 Å². The molecule has 0 spiro atoms. The average molecular weight is 334 g/mol. The van der Waals surface area contributed by atoms with Gasteiger partial charge in [0.05, 0.1) is 0 Å². The van der Waals surface area contributed by atoms with Gasteiger partial charge in [-0.15, -0.1) is 0 Å². The van der Waals surface area contributed by atoms with Gasteiger partial charge in [0.1, 0.15) is 0 Å². The molecule has 0 aliphatic rings. The number of hydrogen-bond acceptors (Lipinski definition) is 3. The quantitative estimate of drug-likeness (QED) is 0.699. The molecule has 3 N–H and O–H groups in total. The van der Waals surface area contributed by atoms with E-state index in [9.17, 15) is 0 Å². The summed E-state index contributed by atoms with van der Waals surface area (Å²) in [6, 6.07) is 0. The maximum atomic E-state index is 9.00. The largest absolute Gasteiger partial charge is 0.481 e. The number of aliphatic hydroxyl groups excluding tert-OH is 1. The Hall–Kier alpha value is 0.277. The van der Waals surface area contributed by atoms with Gasteiger partial charge in [0.2, 0.25) is 0 Å². The number of carboxylic acids is 2. The Morgan fingerprint density at radius 2 is 1.29 bits per heavy atom. The molecule has 0 fully saturated rings. The molecule has 0 aromatic carbocycles. The predicted octanol–water partition coefficient (Wildman–Crippen LogP) is 0.961. The first-order chi connectivity index (χ1) is 5.88. The summed E-state index contributed by atoms with van der Waals surface area (Å²) in [6.07, 6.45) is 2.04. The fourth-order valence-corrected chi connectivity index (χ4v) is 0.158. The van der Waals surface area contributed by atoms with E-state index in [1.54, 1.807) is 0 Å². The van der Waals surface area contributed by atoms with Crippen molar-refractivity contribution in [2.45, 2.75) is 33.6 Å². The van der Waals surface area contributed by atoms with Crippen LogP contribution in [0.4, 0.5) is 0 Å². The van der Waals surface area contributed by atoms with Crippen molar-refractivity contribution in [2.24, 2.45) is 0 Å². The summed E-state index contributed by atoms with van der Waals surface area (Å²) < 4.78 is 0. The van der Waals surface area contributed by atoms with Gasteiger partial charge in [-0.05, 0) is 6.42 Å². The van der Waals surface area contributed by atoms with E-state index in [1.165, 1.54) is 0 Å². The SMILES string of the molecule is CC(=O)O.CC(=O)O.CCCCO.[Ce]. The summed E-state index contributed by atoms with van der Waals surface area (Å²) in [5.74, 6) is -1.67. The second-order valence-electron chi connectivity index (χ2n) is 2.12. The van der Waals surface area contributed by atoms with E-state index in [1.807, 2.05) is 0 Å². The first-order valence-corrected chi connectivity index (χ1v) is 3.88. The van der Waals surface area contributed by atoms with Crippen LogP contribution in [0.1, 0.15) is 33.6 Å². The van der Waals surface area contributed by atoms with E-state index in [0.29, 0.717) is 6.61 Å². The number of carboxylic acid groups (broad SMARTS) is 2. The molecule has 14 heavy (non-hydrogen) atoms. The molecule has 0 aliphatic carbocycles. The molecule has 0 bridgehead atoms. The molecule has 0 saturated carbocycles. The van der Waals surface area contributed by atoms with Crippen LogP contribution >= 0.6 is 0 Å². The molecule has 0 atom stereocenters. The van der Waals surface area contributed by atoms with E-state index in [0.717, 1.165) is 26.7 Å². The van der Waals surface area contributed by atoms with Crippen molar-refractivity contribution in [3.05, 3.63) is 0 Å². The fourth-order valence-electron chi connectivity index (χ4n) is 0.158. The van der Waals surface area contributed by atoms with Crippen molar-refractivity contribution in [1.82, 2.24) is 0 Å². The van der Waals surface area contributed by atoms with Crippen LogP contribution in [0.2, 0.25) is 0 Å². The first kappa shape index (κ1) is 23.8. The molecule has 0 radical (unpaired) electrons. The number of carbonyl (C=O) groups is 2. The molecule has 0 unspecified atom stereocenters. The van der Waals surface area contributed by atoms with E-state index in [2.05, 4.69) is 6.92 Å². The first-order valence-electron chi connectivity index (χ1n) is 3.88. The van der Waals surface area contributed by atoms with Crippen LogP contribution in [0.25, 0.3) is 0 Å². The van der Waals surface area contributed by atoms with Crippen LogP contribution in [0.15, 0.2) is 0 Å². The third-order valence-corrected chi connectivity index (χ3v) is 0.512. The summed E-state index contributed by atoms with van der Waals surface area (Å²) in [7, 11) is 0. The molecule has 5 nitrogen and oxygen atoms in total. The number of aliphatic hydroxyl groups is 1. The second-order valence-corrected chi connectivity index (χ2v) is 2.12. The van der Waals surface area contributed by atoms with Gasteiger partial charge in [0.25, 0.3) is 11.9 Å². The average Bonchev–Trinajstić information content (AvgIpc) is 1.86. The van der Waals surface area contributed by atoms with E-state index in [-0.39, 0.29) is 41.7 Å². The van der Waals surface area contributed by atoms with Gasteiger partial charge >= 0.3 is 0 Å². The van der Waals surface area contributed by atoms with Crippen molar-refractivity contribution in [2.75, 3.05) is 6.61 Å². The standard InChI is InChI=1S/C4H10O.2C2H4O2.Ce/c1-2-3-4-5;2*1-2(3)4;/h5H,2-4H2,1H3;2*1H3,(H,3,4);. The van der Waals surface area contributed by atoms with E-state index < -0.39 is 11.9 Å². The molecule has 6 heteroatoms. The maximum Gasteiger partial charge on any atom is 0.300 e. The molecule has 0 rings (SSSR count). The van der Waals surface area contributed by atoms with Gasteiger partial charge in [-0.3, -0.25) is 9.59 Å². The minimum absolute atomic E-state index is 0. The molecule has 0 saturated heterocycles. The number of rotatable bonds is 2. The minimum atomic E-state index is -0.833. The van der Waals surface area contributed by atoms with Gasteiger partial charge in [-0.2, -0.15) is 0 Å². The van der Waals surface area contributed by atoms with Crippen molar-refractivity contribution < 1.29 is 66.7 Å². The van der Waals surface area contributed by atoms with Gasteiger partial charge in [-0.1, -0.05) is 13.3 Å². The molecule has 0 amide bonds. The van der Waals surface area contributed by atoms with Crippen molar-refractivity contribution >= 4 is 11.9 Å². The van der Waals surface area contributed by atoms with E-state index in [4.69, 9.17) is 24.9 Å². The van der Waals surface area contributed by atoms with Crippen LogP contribution in [-0.2, 0) is 9.59 Å². The molecule has 0 aromatic heterocycles. The normalized spacial score (nSPS) is 6.57. The number of unbranched alkanes of at least 4 members (excludes halogenated alkanes) is 1. The van der Waals surface area contributed by atoms with Crippen molar-refractivity contribution in [3.8, 4) is 0 Å². The summed E-state index contributed by atoms with van der Waals surface area (Å²) in [5, 5.41) is 22.9. The zero-order valence-electron chi connectivity index (χ0n) is 8.78. The fraction of sp³-hybridized carbons (Fsp3) is 0.750. The molecule has 84 valence electrons. The van der Waals surface area contributed by atoms with E-state index >= 15 is 0 Å². The molecule has 0 aromatic rings. The van der Waals surface area contributed by atoms with Crippen LogP contribution in [0.5, 0.6) is 0 Å². The molecule has 0 aliphatic heterocycles. The van der Waals surface area contributed by atoms with Crippen LogP contribution in [0.3, 0.4) is 0 Å². The number of aliphatic carboxylic acids is 2. The molecule has 0 heterocycles. The second kappa shape index (κ2) is 23.3. The Morgan fingerprint density at radius 3 is 1.29 bits per heavy atom. The van der Waals surface area contributed by atoms with Gasteiger partial charge in [-0.25, -0.2) is 0 Å². The third kappa shape index (κ3) is 301. The van der Waals surface area contributed by atoms with Gasteiger partial charge in [0.15, 0.2) is 0 Å². The number of hydrogen-bond donors (Lipinski definition) is 3. The topological polar surface area (TPSA) is 94.8 Å². The zero-order valence-corrected chi connectivity index (χ0v) is 11.9. The summed E-state index contributed by atoms with van der Waals surface area (Å²) >= 11 is 0. The van der Waals surface area contributed by atoms with Crippen LogP contribution in [0, 0.1) is 41.7 Å². The minimum Gasteiger partial charge on any atom is -0.481 e. The maximum absolute atomic E-state index is 9.00. The smallest absolute Gasteiger partial charge is 0.300 e. The summed E-state index contributed by atoms with van der Waals surface area (Å²) in [6.45, 7) is 4.56. The predicted molar refractivity (Wildman–Crippen MR) is 48.6 cm³/mol. The van der Waals surface area contributed by atoms with Crippen LogP contribution in [-0.4, -0.2) is 33.9 Å². The summed E-state index contributed by atoms with van der Waals surface area (Å²) in [4.78, 5) is 18.0. The Balaban J connectivity index is -0.0000000522. The Labute approximate surface area is 118 Å². The van der Waals surface area contributed by atoms with Gasteiger partial charge in [0, 0.05) is 62.2 Å². The molecular formula is C8H18CeO5. The van der Waals surface area contributed by atoms with Gasteiger partial charge < -0.3 is 15.3 Å². The molecular weight excluding hydrogens is 316 g/mol. The Morgan fingerprint density at radius 1 is 1.07 bits per heavy atom.